The Kier molecular flexibility index (Phi) is 7.42. The monoisotopic (exact) mass is 348 g/mol. The van der Waals surface area contributed by atoms with Crippen molar-refractivity contribution < 1.29 is 0 Å². The van der Waals surface area contributed by atoms with E-state index in [2.05, 4.69) is 64.1 Å². The highest BCUT2D eigenvalue weighted by atomic mass is 32.2. The van der Waals surface area contributed by atoms with Crippen LogP contribution in [0.15, 0.2) is 45.6 Å². The molecular formula is C17H24N4S2. The quantitative estimate of drug-likeness (QED) is 0.456. The van der Waals surface area contributed by atoms with Crippen LogP contribution < -0.4 is 10.6 Å². The van der Waals surface area contributed by atoms with E-state index in [9.17, 15) is 0 Å². The van der Waals surface area contributed by atoms with Gasteiger partial charge in [0.05, 0.1) is 17.2 Å². The zero-order valence-corrected chi connectivity index (χ0v) is 15.5. The maximum atomic E-state index is 4.56. The molecule has 1 unspecified atom stereocenters. The summed E-state index contributed by atoms with van der Waals surface area (Å²) in [6, 6.07) is 10.5. The molecule has 1 atom stereocenters. The lowest BCUT2D eigenvalue weighted by Gasteiger charge is -2.15. The Hall–Kier alpha value is -1.53. The molecule has 124 valence electrons. The fourth-order valence-corrected chi connectivity index (χ4v) is 3.69. The van der Waals surface area contributed by atoms with Gasteiger partial charge < -0.3 is 10.6 Å². The summed E-state index contributed by atoms with van der Waals surface area (Å²) in [6.45, 7) is 5.90. The number of benzene rings is 1. The molecule has 0 aliphatic heterocycles. The van der Waals surface area contributed by atoms with Crippen molar-refractivity contribution in [2.45, 2.75) is 37.0 Å². The third-order valence-corrected chi connectivity index (χ3v) is 5.36. The second-order valence-corrected chi connectivity index (χ2v) is 7.59. The minimum absolute atomic E-state index is 0.460. The van der Waals surface area contributed by atoms with Gasteiger partial charge in [-0.05, 0) is 18.6 Å². The van der Waals surface area contributed by atoms with Gasteiger partial charge in [0.2, 0.25) is 0 Å². The molecule has 6 heteroatoms. The summed E-state index contributed by atoms with van der Waals surface area (Å²) in [5.41, 5.74) is 1.07. The molecule has 0 radical (unpaired) electrons. The second kappa shape index (κ2) is 9.57. The van der Waals surface area contributed by atoms with Crippen LogP contribution >= 0.6 is 23.1 Å². The van der Waals surface area contributed by atoms with Crippen molar-refractivity contribution in [2.24, 2.45) is 4.99 Å². The molecule has 23 heavy (non-hydrogen) atoms. The molecule has 2 aromatic rings. The first-order valence-electron chi connectivity index (χ1n) is 7.80. The van der Waals surface area contributed by atoms with E-state index in [4.69, 9.17) is 0 Å². The molecule has 0 aliphatic carbocycles. The van der Waals surface area contributed by atoms with Crippen LogP contribution in [0.1, 0.15) is 24.5 Å². The van der Waals surface area contributed by atoms with Crippen molar-refractivity contribution in [3.05, 3.63) is 46.4 Å². The normalized spacial score (nSPS) is 12.9. The summed E-state index contributed by atoms with van der Waals surface area (Å²) < 4.78 is 0. The highest BCUT2D eigenvalue weighted by molar-refractivity contribution is 8.00. The number of guanidine groups is 1. The van der Waals surface area contributed by atoms with E-state index < -0.39 is 0 Å². The highest BCUT2D eigenvalue weighted by Gasteiger charge is 2.06. The maximum absolute atomic E-state index is 4.56. The molecule has 4 nitrogen and oxygen atoms in total. The van der Waals surface area contributed by atoms with Crippen molar-refractivity contribution in [1.29, 1.82) is 0 Å². The van der Waals surface area contributed by atoms with Crippen molar-refractivity contribution in [3.63, 3.8) is 0 Å². The number of thiazole rings is 1. The molecule has 2 rings (SSSR count). The zero-order chi connectivity index (χ0) is 16.5. The molecule has 1 aromatic carbocycles. The lowest BCUT2D eigenvalue weighted by Crippen LogP contribution is -2.39. The second-order valence-electron chi connectivity index (χ2n) is 5.13. The van der Waals surface area contributed by atoms with Gasteiger partial charge >= 0.3 is 0 Å². The molecule has 1 heterocycles. The van der Waals surface area contributed by atoms with Crippen molar-refractivity contribution in [2.75, 3.05) is 13.6 Å². The number of hydrogen-bond acceptors (Lipinski definition) is 4. The number of nitrogens with zero attached hydrogens (tertiary/aromatic N) is 2. The van der Waals surface area contributed by atoms with Crippen molar-refractivity contribution in [1.82, 2.24) is 15.6 Å². The Labute approximate surface area is 146 Å². The topological polar surface area (TPSA) is 49.3 Å². The van der Waals surface area contributed by atoms with Gasteiger partial charge in [0.25, 0.3) is 0 Å². The molecule has 2 N–H and O–H groups in total. The molecule has 0 aliphatic rings. The molecule has 0 saturated heterocycles. The van der Waals surface area contributed by atoms with E-state index >= 15 is 0 Å². The van der Waals surface area contributed by atoms with Gasteiger partial charge in [-0.2, -0.15) is 0 Å². The van der Waals surface area contributed by atoms with E-state index in [1.165, 1.54) is 9.90 Å². The minimum atomic E-state index is 0.460. The molecule has 0 fully saturated rings. The van der Waals surface area contributed by atoms with E-state index in [0.717, 1.165) is 24.6 Å². The predicted molar refractivity (Wildman–Crippen MR) is 101 cm³/mol. The average molecular weight is 349 g/mol. The Morgan fingerprint density at radius 3 is 2.74 bits per heavy atom. The third kappa shape index (κ3) is 6.23. The smallest absolute Gasteiger partial charge is 0.191 e. The number of aryl methyl sites for hydroxylation is 1. The molecular weight excluding hydrogens is 324 g/mol. The van der Waals surface area contributed by atoms with E-state index in [-0.39, 0.29) is 0 Å². The molecule has 0 saturated carbocycles. The van der Waals surface area contributed by atoms with Crippen molar-refractivity contribution >= 4 is 29.1 Å². The van der Waals surface area contributed by atoms with Crippen LogP contribution in [0, 0.1) is 0 Å². The van der Waals surface area contributed by atoms with Gasteiger partial charge in [0.15, 0.2) is 5.96 Å². The van der Waals surface area contributed by atoms with E-state index in [0.29, 0.717) is 11.8 Å². The first-order chi connectivity index (χ1) is 11.2. The summed E-state index contributed by atoms with van der Waals surface area (Å²) in [6.07, 6.45) is 0.992. The third-order valence-electron chi connectivity index (χ3n) is 3.20. The molecule has 0 amide bonds. The van der Waals surface area contributed by atoms with E-state index in [1.54, 1.807) is 18.4 Å². The molecule has 0 bridgehead atoms. The standard InChI is InChI=1S/C17H24N4S2/c1-4-16-21-14(12-22-16)11-20-17(18-3)19-10-13(2)23-15-8-6-5-7-9-15/h5-9,12-13H,4,10-11H2,1-3H3,(H2,18,19,20). The number of rotatable bonds is 7. The average Bonchev–Trinajstić information content (AvgIpc) is 3.04. The zero-order valence-electron chi connectivity index (χ0n) is 13.9. The lowest BCUT2D eigenvalue weighted by molar-refractivity contribution is 0.780. The fraction of sp³-hybridized carbons (Fsp3) is 0.412. The van der Waals surface area contributed by atoms with Crippen LogP contribution in [-0.4, -0.2) is 29.8 Å². The predicted octanol–water partition coefficient (Wildman–Crippen LogP) is 3.55. The van der Waals surface area contributed by atoms with Gasteiger partial charge in [-0.15, -0.1) is 23.1 Å². The number of aliphatic imine (C=N–C) groups is 1. The number of thioether (sulfide) groups is 1. The largest absolute Gasteiger partial charge is 0.355 e. The summed E-state index contributed by atoms with van der Waals surface area (Å²) >= 11 is 3.57. The number of hydrogen-bond donors (Lipinski definition) is 2. The van der Waals surface area contributed by atoms with E-state index in [1.807, 2.05) is 17.8 Å². The van der Waals surface area contributed by atoms with Gasteiger partial charge in [-0.1, -0.05) is 32.0 Å². The molecule has 1 aromatic heterocycles. The summed E-state index contributed by atoms with van der Waals surface area (Å²) in [4.78, 5) is 10.1. The van der Waals surface area contributed by atoms with Crippen LogP contribution in [0.4, 0.5) is 0 Å². The van der Waals surface area contributed by atoms with Crippen LogP contribution in [0.2, 0.25) is 0 Å². The van der Waals surface area contributed by atoms with Crippen molar-refractivity contribution in [3.8, 4) is 0 Å². The number of nitrogens with one attached hydrogen (secondary N) is 2. The minimum Gasteiger partial charge on any atom is -0.355 e. The van der Waals surface area contributed by atoms with Crippen LogP contribution in [0.5, 0.6) is 0 Å². The highest BCUT2D eigenvalue weighted by Crippen LogP contribution is 2.21. The SMILES string of the molecule is CCc1nc(CNC(=NC)NCC(C)Sc2ccccc2)cs1. The fourth-order valence-electron chi connectivity index (χ4n) is 2.00. The Morgan fingerprint density at radius 2 is 2.09 bits per heavy atom. The van der Waals surface area contributed by atoms with Gasteiger partial charge in [0, 0.05) is 29.1 Å². The first-order valence-corrected chi connectivity index (χ1v) is 9.56. The van der Waals surface area contributed by atoms with Crippen LogP contribution in [0.25, 0.3) is 0 Å². The summed E-state index contributed by atoms with van der Waals surface area (Å²) in [5, 5.41) is 10.4. The Balaban J connectivity index is 1.74. The maximum Gasteiger partial charge on any atom is 0.191 e. The van der Waals surface area contributed by atoms with Gasteiger partial charge in [-0.25, -0.2) is 4.98 Å². The summed E-state index contributed by atoms with van der Waals surface area (Å²) in [5.74, 6) is 0.816. The van der Waals surface area contributed by atoms with Crippen LogP contribution in [0.3, 0.4) is 0 Å². The van der Waals surface area contributed by atoms with Gasteiger partial charge in [-0.3, -0.25) is 4.99 Å². The number of aromatic nitrogens is 1. The summed E-state index contributed by atoms with van der Waals surface area (Å²) in [7, 11) is 1.79. The van der Waals surface area contributed by atoms with Crippen LogP contribution in [-0.2, 0) is 13.0 Å². The Bertz CT molecular complexity index is 610. The van der Waals surface area contributed by atoms with Gasteiger partial charge in [0.1, 0.15) is 0 Å². The first kappa shape index (κ1) is 17.8. The lowest BCUT2D eigenvalue weighted by atomic mass is 10.4. The Morgan fingerprint density at radius 1 is 1.30 bits per heavy atom. The molecule has 0 spiro atoms.